The van der Waals surface area contributed by atoms with Gasteiger partial charge in [-0.05, 0) is 24.3 Å². The summed E-state index contributed by atoms with van der Waals surface area (Å²) in [6.07, 6.45) is 1.53. The molecule has 0 aliphatic heterocycles. The van der Waals surface area contributed by atoms with Crippen LogP contribution in [-0.2, 0) is 10.0 Å². The van der Waals surface area contributed by atoms with Gasteiger partial charge < -0.3 is 7.16 Å². The molecule has 0 atom stereocenters. The monoisotopic (exact) mass is 279 g/mol. The fourth-order valence-electron chi connectivity index (χ4n) is 1.09. The zero-order valence-corrected chi connectivity index (χ0v) is 12.8. The third kappa shape index (κ3) is 3.68. The average Bonchev–Trinajstić information content (AvgIpc) is 2.70. The van der Waals surface area contributed by atoms with Crippen LogP contribution in [0.1, 0.15) is 1.43 Å². The zero-order valence-electron chi connectivity index (χ0n) is 10.1. The Balaban J connectivity index is 0.00000144. The second-order valence-electron chi connectivity index (χ2n) is 3.01. The molecule has 3 N–H and O–H groups in total. The number of nitrogens with zero attached hydrogens (tertiary/aromatic N) is 1. The maximum atomic E-state index is 11.8. The summed E-state index contributed by atoms with van der Waals surface area (Å²) in [5.41, 5.74) is 6.00. The standard InChI is InChI=1S/C9H9N3O2S2.Na.H/c10-7-1-3-8(4-2-7)16(13,14)12-9-11-5-6-15-9;;/h1-6H,10H2,(H,11,12);;/q;+1;-1. The first-order valence-corrected chi connectivity index (χ1v) is 6.72. The second-order valence-corrected chi connectivity index (χ2v) is 5.59. The van der Waals surface area contributed by atoms with E-state index < -0.39 is 10.0 Å². The number of sulfonamides is 1. The van der Waals surface area contributed by atoms with Crippen molar-refractivity contribution in [2.75, 3.05) is 10.5 Å². The molecule has 0 aliphatic carbocycles. The molecule has 86 valence electrons. The first-order valence-electron chi connectivity index (χ1n) is 4.36. The summed E-state index contributed by atoms with van der Waals surface area (Å²) in [7, 11) is -3.56. The smallest absolute Gasteiger partial charge is 1.00 e. The summed E-state index contributed by atoms with van der Waals surface area (Å²) in [6.45, 7) is 0. The Labute approximate surface area is 127 Å². The molecule has 0 radical (unpaired) electrons. The maximum absolute atomic E-state index is 11.8. The minimum atomic E-state index is -3.56. The van der Waals surface area contributed by atoms with E-state index in [9.17, 15) is 8.42 Å². The molecule has 17 heavy (non-hydrogen) atoms. The van der Waals surface area contributed by atoms with Gasteiger partial charge in [0, 0.05) is 17.3 Å². The molecule has 8 heteroatoms. The van der Waals surface area contributed by atoms with Gasteiger partial charge >= 0.3 is 29.6 Å². The zero-order chi connectivity index (χ0) is 11.6. The number of thiazole rings is 1. The molecular formula is C9H10N3NaO2S2. The van der Waals surface area contributed by atoms with E-state index in [-0.39, 0.29) is 35.9 Å². The molecule has 0 bridgehead atoms. The van der Waals surface area contributed by atoms with Crippen molar-refractivity contribution in [1.82, 2.24) is 4.98 Å². The van der Waals surface area contributed by atoms with Crippen molar-refractivity contribution in [3.63, 3.8) is 0 Å². The number of anilines is 2. The van der Waals surface area contributed by atoms with Gasteiger partial charge in [0.15, 0.2) is 5.13 Å². The molecule has 0 aliphatic rings. The van der Waals surface area contributed by atoms with Crippen LogP contribution in [0.15, 0.2) is 40.7 Å². The summed E-state index contributed by atoms with van der Waals surface area (Å²) in [5.74, 6) is 0. The van der Waals surface area contributed by atoms with Crippen LogP contribution in [0.4, 0.5) is 10.8 Å². The predicted octanol–water partition coefficient (Wildman–Crippen LogP) is -1.36. The molecule has 2 aromatic rings. The van der Waals surface area contributed by atoms with Crippen molar-refractivity contribution in [3.05, 3.63) is 35.8 Å². The Morgan fingerprint density at radius 3 is 2.47 bits per heavy atom. The molecule has 0 saturated heterocycles. The Hall–Kier alpha value is -0.600. The van der Waals surface area contributed by atoms with Crippen molar-refractivity contribution in [2.45, 2.75) is 4.90 Å². The minimum absolute atomic E-state index is 0. The van der Waals surface area contributed by atoms with Crippen LogP contribution in [0.2, 0.25) is 0 Å². The Morgan fingerprint density at radius 1 is 1.29 bits per heavy atom. The number of hydrogen-bond acceptors (Lipinski definition) is 5. The second kappa shape index (κ2) is 5.83. The molecule has 5 nitrogen and oxygen atoms in total. The van der Waals surface area contributed by atoms with E-state index in [0.717, 1.165) is 0 Å². The topological polar surface area (TPSA) is 85.1 Å². The number of nitrogens with two attached hydrogens (primary N) is 1. The van der Waals surface area contributed by atoms with Gasteiger partial charge in [0.05, 0.1) is 4.90 Å². The third-order valence-electron chi connectivity index (χ3n) is 1.84. The van der Waals surface area contributed by atoms with Crippen LogP contribution < -0.4 is 40.0 Å². The van der Waals surface area contributed by atoms with Crippen molar-refractivity contribution in [3.8, 4) is 0 Å². The molecule has 1 aromatic heterocycles. The van der Waals surface area contributed by atoms with Gasteiger partial charge in [-0.25, -0.2) is 13.4 Å². The van der Waals surface area contributed by atoms with E-state index in [1.165, 1.54) is 41.8 Å². The number of nitrogen functional groups attached to an aromatic ring is 1. The van der Waals surface area contributed by atoms with E-state index in [2.05, 4.69) is 9.71 Å². The van der Waals surface area contributed by atoms with Crippen LogP contribution in [0.3, 0.4) is 0 Å². The summed E-state index contributed by atoms with van der Waals surface area (Å²) < 4.78 is 26.0. The van der Waals surface area contributed by atoms with Crippen LogP contribution >= 0.6 is 11.3 Å². The van der Waals surface area contributed by atoms with E-state index in [1.807, 2.05) is 0 Å². The minimum Gasteiger partial charge on any atom is -1.00 e. The Morgan fingerprint density at radius 2 is 1.94 bits per heavy atom. The number of benzene rings is 1. The van der Waals surface area contributed by atoms with Gasteiger partial charge in [-0.15, -0.1) is 11.3 Å². The normalized spacial score (nSPS) is 10.6. The SMILES string of the molecule is Nc1ccc(S(=O)(=O)Nc2nccs2)cc1.[H-].[Na+]. The van der Waals surface area contributed by atoms with Crippen molar-refractivity contribution in [2.24, 2.45) is 0 Å². The Bertz CT molecular complexity index is 572. The summed E-state index contributed by atoms with van der Waals surface area (Å²) in [5, 5.41) is 2.04. The first kappa shape index (κ1) is 14.5. The van der Waals surface area contributed by atoms with Crippen molar-refractivity contribution >= 4 is 32.2 Å². The van der Waals surface area contributed by atoms with E-state index in [4.69, 9.17) is 5.73 Å². The van der Waals surface area contributed by atoms with E-state index >= 15 is 0 Å². The maximum Gasteiger partial charge on any atom is 1.00 e. The average molecular weight is 279 g/mol. The molecule has 0 unspecified atom stereocenters. The molecule has 0 amide bonds. The van der Waals surface area contributed by atoms with Gasteiger partial charge in [-0.2, -0.15) is 0 Å². The van der Waals surface area contributed by atoms with Gasteiger partial charge in [0.1, 0.15) is 0 Å². The van der Waals surface area contributed by atoms with Gasteiger partial charge in [0.2, 0.25) is 0 Å². The summed E-state index contributed by atoms with van der Waals surface area (Å²) in [4.78, 5) is 4.01. The number of aromatic nitrogens is 1. The Kier molecular flexibility index (Phi) is 4.96. The number of rotatable bonds is 3. The van der Waals surface area contributed by atoms with Crippen molar-refractivity contribution in [1.29, 1.82) is 0 Å². The van der Waals surface area contributed by atoms with Crippen LogP contribution in [0.5, 0.6) is 0 Å². The molecule has 1 heterocycles. The largest absolute Gasteiger partial charge is 1.00 e. The molecule has 0 fully saturated rings. The number of nitrogens with one attached hydrogen (secondary N) is 1. The fourth-order valence-corrected chi connectivity index (χ4v) is 2.88. The van der Waals surface area contributed by atoms with E-state index in [0.29, 0.717) is 10.8 Å². The van der Waals surface area contributed by atoms with Crippen LogP contribution in [0.25, 0.3) is 0 Å². The molecule has 1 aromatic carbocycles. The molecular weight excluding hydrogens is 269 g/mol. The fraction of sp³-hybridized carbons (Fsp3) is 0. The number of hydrogen-bond donors (Lipinski definition) is 2. The van der Waals surface area contributed by atoms with Crippen LogP contribution in [0, 0.1) is 0 Å². The first-order chi connectivity index (χ1) is 7.58. The molecule has 2 rings (SSSR count). The van der Waals surface area contributed by atoms with Gasteiger partial charge in [-0.1, -0.05) is 0 Å². The van der Waals surface area contributed by atoms with Gasteiger partial charge in [0.25, 0.3) is 10.0 Å². The molecule has 0 spiro atoms. The third-order valence-corrected chi connectivity index (χ3v) is 4.02. The predicted molar refractivity (Wildman–Crippen MR) is 64.9 cm³/mol. The van der Waals surface area contributed by atoms with E-state index in [1.54, 1.807) is 5.38 Å². The summed E-state index contributed by atoms with van der Waals surface area (Å²) in [6, 6.07) is 5.98. The summed E-state index contributed by atoms with van der Waals surface area (Å²) >= 11 is 1.22. The van der Waals surface area contributed by atoms with Gasteiger partial charge in [-0.3, -0.25) is 4.72 Å². The molecule has 0 saturated carbocycles. The van der Waals surface area contributed by atoms with Crippen molar-refractivity contribution < 1.29 is 39.4 Å². The van der Waals surface area contributed by atoms with Crippen LogP contribution in [-0.4, -0.2) is 13.4 Å². The quantitative estimate of drug-likeness (QED) is 0.537.